The normalized spacial score (nSPS) is 12.3. The van der Waals surface area contributed by atoms with E-state index in [9.17, 15) is 19.2 Å². The Balaban J connectivity index is 3.80. The molecule has 0 bridgehead atoms. The van der Waals surface area contributed by atoms with E-state index in [1.807, 2.05) is 0 Å². The number of nitrogens with two attached hydrogens (primary N) is 3. The summed E-state index contributed by atoms with van der Waals surface area (Å²) in [5.41, 5.74) is 14.0. The minimum absolute atomic E-state index is 0.0659. The summed E-state index contributed by atoms with van der Waals surface area (Å²) in [4.78, 5) is 57.7. The van der Waals surface area contributed by atoms with Crippen molar-refractivity contribution in [2.75, 3.05) is 19.6 Å². The molecule has 0 rings (SSSR count). The van der Waals surface area contributed by atoms with E-state index in [0.29, 0.717) is 45.3 Å². The molecule has 0 aliphatic heterocycles. The third kappa shape index (κ3) is 29.8. The minimum atomic E-state index is -0.712. The highest BCUT2D eigenvalue weighted by atomic mass is 16.7. The van der Waals surface area contributed by atoms with E-state index < -0.39 is 24.0 Å². The average molecular weight is 685 g/mol. The lowest BCUT2D eigenvalue weighted by molar-refractivity contribution is -0.155. The van der Waals surface area contributed by atoms with Crippen LogP contribution in [0.15, 0.2) is 0 Å². The van der Waals surface area contributed by atoms with Gasteiger partial charge in [-0.05, 0) is 64.3 Å². The van der Waals surface area contributed by atoms with Gasteiger partial charge in [-0.15, -0.1) is 0 Å². The van der Waals surface area contributed by atoms with Crippen LogP contribution in [0.4, 0.5) is 0 Å². The summed E-state index contributed by atoms with van der Waals surface area (Å²) >= 11 is 0. The molecule has 0 heterocycles. The van der Waals surface area contributed by atoms with Crippen LogP contribution < -0.4 is 33.5 Å². The molecule has 0 spiro atoms. The first-order valence-corrected chi connectivity index (χ1v) is 19.2. The van der Waals surface area contributed by atoms with Crippen molar-refractivity contribution < 1.29 is 28.9 Å². The first kappa shape index (κ1) is 45.7. The minimum Gasteiger partial charge on any atom is -0.372 e. The van der Waals surface area contributed by atoms with Gasteiger partial charge in [-0.1, -0.05) is 103 Å². The predicted octanol–water partition coefficient (Wildman–Crippen LogP) is 5.50. The maximum absolute atomic E-state index is 12.7. The first-order chi connectivity index (χ1) is 23.3. The molecule has 0 saturated heterocycles. The molecule has 2 atom stereocenters. The summed E-state index contributed by atoms with van der Waals surface area (Å²) in [6, 6.07) is -1.35. The highest BCUT2D eigenvalue weighted by Crippen LogP contribution is 2.12. The van der Waals surface area contributed by atoms with E-state index in [1.54, 1.807) is 0 Å². The average Bonchev–Trinajstić information content (AvgIpc) is 3.08. The van der Waals surface area contributed by atoms with E-state index >= 15 is 0 Å². The Bertz CT molecular complexity index is 803. The Morgan fingerprint density at radius 3 is 1.65 bits per heavy atom. The summed E-state index contributed by atoms with van der Waals surface area (Å²) in [5, 5.41) is 5.80. The molecule has 0 aromatic rings. The Labute approximate surface area is 291 Å². The molecule has 0 saturated carbocycles. The molecule has 2 amide bonds. The molecule has 9 N–H and O–H groups in total. The van der Waals surface area contributed by atoms with Crippen LogP contribution in [0.2, 0.25) is 0 Å². The topological polar surface area (TPSA) is 201 Å². The summed E-state index contributed by atoms with van der Waals surface area (Å²) < 4.78 is 0. The molecule has 282 valence electrons. The van der Waals surface area contributed by atoms with Gasteiger partial charge >= 0.3 is 11.9 Å². The largest absolute Gasteiger partial charge is 0.372 e. The highest BCUT2D eigenvalue weighted by molar-refractivity contribution is 5.84. The third-order valence-electron chi connectivity index (χ3n) is 8.61. The molecule has 0 fully saturated rings. The lowest BCUT2D eigenvalue weighted by Crippen LogP contribution is -2.43. The van der Waals surface area contributed by atoms with Gasteiger partial charge in [0.05, 0.1) is 0 Å². The molecule has 0 radical (unpaired) electrons. The zero-order chi connectivity index (χ0) is 35.5. The summed E-state index contributed by atoms with van der Waals surface area (Å²) in [5.74, 6) is 3.74. The quantitative estimate of drug-likeness (QED) is 0.0366. The molecule has 0 aromatic heterocycles. The van der Waals surface area contributed by atoms with Crippen LogP contribution in [0, 0.1) is 0 Å². The molecule has 0 aliphatic rings. The van der Waals surface area contributed by atoms with Crippen molar-refractivity contribution in [1.82, 2.24) is 16.1 Å². The van der Waals surface area contributed by atoms with Crippen LogP contribution in [0.1, 0.15) is 174 Å². The van der Waals surface area contributed by atoms with Crippen molar-refractivity contribution in [3.8, 4) is 0 Å². The van der Waals surface area contributed by atoms with Gasteiger partial charge in [0.1, 0.15) is 12.1 Å². The fraction of sp³-hybridized carbons (Fsp3) is 0.889. The van der Waals surface area contributed by atoms with E-state index in [1.165, 1.54) is 57.8 Å². The van der Waals surface area contributed by atoms with Crippen LogP contribution >= 0.6 is 0 Å². The second-order valence-electron chi connectivity index (χ2n) is 13.1. The number of amides is 2. The van der Waals surface area contributed by atoms with Crippen molar-refractivity contribution in [2.45, 2.75) is 186 Å². The first-order valence-electron chi connectivity index (χ1n) is 19.2. The van der Waals surface area contributed by atoms with E-state index in [0.717, 1.165) is 83.5 Å². The number of carbonyl (C=O) groups excluding carboxylic acids is 4. The van der Waals surface area contributed by atoms with E-state index in [4.69, 9.17) is 22.2 Å². The van der Waals surface area contributed by atoms with E-state index in [-0.39, 0.29) is 11.8 Å². The summed E-state index contributed by atoms with van der Waals surface area (Å²) in [6.07, 6.45) is 25.5. The number of hydrogen-bond acceptors (Lipinski definition) is 10. The van der Waals surface area contributed by atoms with Gasteiger partial charge in [0.15, 0.2) is 0 Å². The fourth-order valence-corrected chi connectivity index (χ4v) is 5.53. The Kier molecular flexibility index (Phi) is 32.9. The lowest BCUT2D eigenvalue weighted by atomic mass is 10.1. The van der Waals surface area contributed by atoms with Crippen LogP contribution in [-0.2, 0) is 28.9 Å². The predicted molar refractivity (Wildman–Crippen MR) is 192 cm³/mol. The van der Waals surface area contributed by atoms with Gasteiger partial charge in [0.2, 0.25) is 11.8 Å². The molecular formula is C36H72N6O6. The number of carbonyl (C=O) groups is 4. The van der Waals surface area contributed by atoms with Crippen molar-refractivity contribution in [3.63, 3.8) is 0 Å². The van der Waals surface area contributed by atoms with Crippen molar-refractivity contribution in [2.24, 2.45) is 17.4 Å². The van der Waals surface area contributed by atoms with Crippen molar-refractivity contribution >= 4 is 23.8 Å². The monoisotopic (exact) mass is 685 g/mol. The molecule has 12 heteroatoms. The number of hydrogen-bond donors (Lipinski definition) is 6. The smallest absolute Gasteiger partial charge is 0.347 e. The number of nitrogens with one attached hydrogen (secondary N) is 3. The SMILES string of the molecule is CCCCCCCCCCCC(=O)NC(CCCCN)C(=O)ONCCCCCCCCCCCC(=O)NCCCCC(N)C(=O)ON. The van der Waals surface area contributed by atoms with E-state index in [2.05, 4.69) is 27.9 Å². The Morgan fingerprint density at radius 2 is 1.08 bits per heavy atom. The molecule has 0 aromatic carbocycles. The second-order valence-corrected chi connectivity index (χ2v) is 13.1. The highest BCUT2D eigenvalue weighted by Gasteiger charge is 2.22. The number of hydroxylamine groups is 1. The van der Waals surface area contributed by atoms with Crippen LogP contribution in [0.5, 0.6) is 0 Å². The lowest BCUT2D eigenvalue weighted by Gasteiger charge is -2.17. The standard InChI is InChI=1S/C36H72N6O6/c1-2-3-4-5-6-8-12-15-18-27-34(44)42-32(25-19-21-28-37)36(46)48-41-30-22-16-13-10-7-9-11-14-17-26-33(43)40-29-23-20-24-31(38)35(45)47-39/h31-32,41H,2-30,37-39H2,1H3,(H,40,43)(H,42,44). The Hall–Kier alpha value is -2.28. The molecule has 12 nitrogen and oxygen atoms in total. The van der Waals surface area contributed by atoms with Gasteiger partial charge in [0, 0.05) is 25.9 Å². The van der Waals surface area contributed by atoms with Crippen LogP contribution in [0.3, 0.4) is 0 Å². The van der Waals surface area contributed by atoms with Gasteiger partial charge in [0.25, 0.3) is 0 Å². The van der Waals surface area contributed by atoms with Crippen molar-refractivity contribution in [1.29, 1.82) is 0 Å². The number of rotatable bonds is 35. The second kappa shape index (κ2) is 34.6. The zero-order valence-electron chi connectivity index (χ0n) is 30.3. The summed E-state index contributed by atoms with van der Waals surface area (Å²) in [6.45, 7) is 3.95. The molecule has 48 heavy (non-hydrogen) atoms. The zero-order valence-corrected chi connectivity index (χ0v) is 30.3. The maximum atomic E-state index is 12.7. The number of unbranched alkanes of at least 4 members (excludes halogenated alkanes) is 18. The Morgan fingerprint density at radius 1 is 0.583 bits per heavy atom. The molecular weight excluding hydrogens is 612 g/mol. The maximum Gasteiger partial charge on any atom is 0.347 e. The van der Waals surface area contributed by atoms with Gasteiger partial charge < -0.3 is 31.8 Å². The fourth-order valence-electron chi connectivity index (χ4n) is 5.53. The van der Waals surface area contributed by atoms with Gasteiger partial charge in [-0.2, -0.15) is 11.4 Å². The van der Waals surface area contributed by atoms with Crippen LogP contribution in [0.25, 0.3) is 0 Å². The van der Waals surface area contributed by atoms with Gasteiger partial charge in [-0.3, -0.25) is 9.59 Å². The third-order valence-corrected chi connectivity index (χ3v) is 8.61. The molecule has 2 unspecified atom stereocenters. The summed E-state index contributed by atoms with van der Waals surface area (Å²) in [7, 11) is 0. The van der Waals surface area contributed by atoms with Gasteiger partial charge in [-0.25, -0.2) is 9.59 Å². The van der Waals surface area contributed by atoms with Crippen molar-refractivity contribution in [3.05, 3.63) is 0 Å². The molecule has 0 aliphatic carbocycles. The van der Waals surface area contributed by atoms with Crippen LogP contribution in [-0.4, -0.2) is 55.5 Å².